The van der Waals surface area contributed by atoms with Crippen LogP contribution in [-0.2, 0) is 13.6 Å². The molecule has 0 spiro atoms. The Labute approximate surface area is 130 Å². The number of imidazole rings is 1. The van der Waals surface area contributed by atoms with Gasteiger partial charge in [0.1, 0.15) is 0 Å². The largest absolute Gasteiger partial charge is 0.378 e. The highest BCUT2D eigenvalue weighted by molar-refractivity contribution is 9.11. The molecule has 6 heteroatoms. The third kappa shape index (κ3) is 3.12. The van der Waals surface area contributed by atoms with Crippen LogP contribution in [0.5, 0.6) is 0 Å². The van der Waals surface area contributed by atoms with Crippen molar-refractivity contribution in [1.29, 1.82) is 0 Å². The van der Waals surface area contributed by atoms with E-state index in [1.807, 2.05) is 50.4 Å². The zero-order valence-corrected chi connectivity index (χ0v) is 14.3. The molecule has 0 amide bonds. The number of hydrogen-bond acceptors (Lipinski definition) is 3. The highest BCUT2D eigenvalue weighted by Crippen LogP contribution is 2.30. The summed E-state index contributed by atoms with van der Waals surface area (Å²) in [5.41, 5.74) is 2.18. The van der Waals surface area contributed by atoms with Gasteiger partial charge in [-0.05, 0) is 44.0 Å². The summed E-state index contributed by atoms with van der Waals surface area (Å²) in [7, 11) is 6.00. The molecule has 0 fully saturated rings. The fourth-order valence-corrected chi connectivity index (χ4v) is 3.14. The molecule has 0 aliphatic rings. The summed E-state index contributed by atoms with van der Waals surface area (Å²) < 4.78 is 4.16. The number of rotatable bonds is 4. The van der Waals surface area contributed by atoms with Crippen molar-refractivity contribution < 1.29 is 0 Å². The first-order valence-electron chi connectivity index (χ1n) is 5.86. The first-order valence-corrected chi connectivity index (χ1v) is 7.45. The highest BCUT2D eigenvalue weighted by atomic mass is 79.9. The molecule has 2 aromatic rings. The minimum atomic E-state index is 0.721. The first-order chi connectivity index (χ1) is 9.00. The molecular formula is C13H16Br2N4. The number of nitrogens with one attached hydrogen (secondary N) is 1. The van der Waals surface area contributed by atoms with E-state index >= 15 is 0 Å². The zero-order chi connectivity index (χ0) is 14.0. The maximum atomic E-state index is 4.40. The van der Waals surface area contributed by atoms with Crippen molar-refractivity contribution in [3.63, 3.8) is 0 Å². The van der Waals surface area contributed by atoms with Gasteiger partial charge in [0.15, 0.2) is 0 Å². The Bertz CT molecular complexity index is 558. The van der Waals surface area contributed by atoms with Crippen molar-refractivity contribution in [2.45, 2.75) is 6.54 Å². The van der Waals surface area contributed by atoms with Crippen molar-refractivity contribution in [2.24, 2.45) is 7.05 Å². The summed E-state index contributed by atoms with van der Waals surface area (Å²) in [6, 6.07) is 6.02. The second-order valence-electron chi connectivity index (χ2n) is 4.45. The molecule has 0 aliphatic carbocycles. The molecule has 0 atom stereocenters. The van der Waals surface area contributed by atoms with Gasteiger partial charge < -0.3 is 14.8 Å². The van der Waals surface area contributed by atoms with Crippen LogP contribution in [-0.4, -0.2) is 23.6 Å². The number of benzene rings is 1. The van der Waals surface area contributed by atoms with Crippen LogP contribution in [0.2, 0.25) is 0 Å². The maximum absolute atomic E-state index is 4.40. The second-order valence-corrected chi connectivity index (χ2v) is 6.16. The molecular weight excluding hydrogens is 372 g/mol. The first kappa shape index (κ1) is 14.4. The van der Waals surface area contributed by atoms with Gasteiger partial charge in [0, 0.05) is 30.1 Å². The molecule has 1 aromatic heterocycles. The van der Waals surface area contributed by atoms with Crippen LogP contribution < -0.4 is 10.2 Å². The Morgan fingerprint density at radius 3 is 2.42 bits per heavy atom. The molecule has 0 saturated heterocycles. The van der Waals surface area contributed by atoms with Gasteiger partial charge in [-0.1, -0.05) is 6.07 Å². The van der Waals surface area contributed by atoms with Gasteiger partial charge in [-0.2, -0.15) is 0 Å². The average Bonchev–Trinajstić information content (AvgIpc) is 2.70. The standard InChI is InChI=1S/C13H16Br2N4/c1-18(2)13-17-8-9(19(13)3)7-16-12-10(14)5-4-6-11(12)15/h4-6,8,16H,7H2,1-3H3. The molecule has 0 unspecified atom stereocenters. The van der Waals surface area contributed by atoms with Gasteiger partial charge in [0.2, 0.25) is 5.95 Å². The predicted molar refractivity (Wildman–Crippen MR) is 86.7 cm³/mol. The number of aromatic nitrogens is 2. The van der Waals surface area contributed by atoms with E-state index < -0.39 is 0 Å². The lowest BCUT2D eigenvalue weighted by atomic mass is 10.3. The second kappa shape index (κ2) is 5.96. The quantitative estimate of drug-likeness (QED) is 0.869. The van der Waals surface area contributed by atoms with Crippen LogP contribution in [0, 0.1) is 0 Å². The minimum absolute atomic E-state index is 0.721. The average molecular weight is 388 g/mol. The molecule has 1 heterocycles. The highest BCUT2D eigenvalue weighted by Gasteiger charge is 2.09. The van der Waals surface area contributed by atoms with Gasteiger partial charge in [-0.25, -0.2) is 4.98 Å². The summed E-state index contributed by atoms with van der Waals surface area (Å²) in [6.45, 7) is 0.721. The minimum Gasteiger partial charge on any atom is -0.378 e. The summed E-state index contributed by atoms with van der Waals surface area (Å²) in [4.78, 5) is 6.40. The van der Waals surface area contributed by atoms with Gasteiger partial charge >= 0.3 is 0 Å². The Hall–Kier alpha value is -1.01. The molecule has 4 nitrogen and oxygen atoms in total. The molecule has 0 saturated carbocycles. The van der Waals surface area contributed by atoms with Gasteiger partial charge in [-0.15, -0.1) is 0 Å². The Kier molecular flexibility index (Phi) is 4.52. The Balaban J connectivity index is 2.15. The summed E-state index contributed by atoms with van der Waals surface area (Å²) in [6.07, 6.45) is 1.90. The van der Waals surface area contributed by atoms with Crippen molar-refractivity contribution in [1.82, 2.24) is 9.55 Å². The molecule has 1 aromatic carbocycles. The lowest BCUT2D eigenvalue weighted by Crippen LogP contribution is -2.15. The number of nitrogens with zero attached hydrogens (tertiary/aromatic N) is 3. The van der Waals surface area contributed by atoms with Gasteiger partial charge in [0.25, 0.3) is 0 Å². The van der Waals surface area contributed by atoms with E-state index in [9.17, 15) is 0 Å². The maximum Gasteiger partial charge on any atom is 0.204 e. The van der Waals surface area contributed by atoms with Crippen LogP contribution in [0.4, 0.5) is 11.6 Å². The Morgan fingerprint density at radius 1 is 1.26 bits per heavy atom. The molecule has 0 aliphatic heterocycles. The number of hydrogen-bond donors (Lipinski definition) is 1. The third-order valence-corrected chi connectivity index (χ3v) is 4.19. The monoisotopic (exact) mass is 386 g/mol. The lowest BCUT2D eigenvalue weighted by Gasteiger charge is -2.14. The molecule has 19 heavy (non-hydrogen) atoms. The van der Waals surface area contributed by atoms with Crippen LogP contribution >= 0.6 is 31.9 Å². The van der Waals surface area contributed by atoms with Crippen LogP contribution in [0.25, 0.3) is 0 Å². The van der Waals surface area contributed by atoms with E-state index in [0.29, 0.717) is 0 Å². The summed E-state index contributed by atoms with van der Waals surface area (Å²) in [5, 5.41) is 3.42. The topological polar surface area (TPSA) is 33.1 Å². The molecule has 1 N–H and O–H groups in total. The van der Waals surface area contributed by atoms with E-state index in [0.717, 1.165) is 32.8 Å². The number of anilines is 2. The van der Waals surface area contributed by atoms with Crippen molar-refractivity contribution in [3.05, 3.63) is 39.0 Å². The Morgan fingerprint density at radius 2 is 1.89 bits per heavy atom. The molecule has 0 bridgehead atoms. The molecule has 102 valence electrons. The lowest BCUT2D eigenvalue weighted by molar-refractivity contribution is 0.813. The van der Waals surface area contributed by atoms with E-state index in [2.05, 4.69) is 46.7 Å². The summed E-state index contributed by atoms with van der Waals surface area (Å²) in [5.74, 6) is 0.947. The van der Waals surface area contributed by atoms with Crippen LogP contribution in [0.1, 0.15) is 5.69 Å². The van der Waals surface area contributed by atoms with Crippen molar-refractivity contribution in [3.8, 4) is 0 Å². The predicted octanol–water partition coefficient (Wildman–Crippen LogP) is 3.62. The fraction of sp³-hybridized carbons (Fsp3) is 0.308. The van der Waals surface area contributed by atoms with E-state index in [1.54, 1.807) is 0 Å². The zero-order valence-electron chi connectivity index (χ0n) is 11.1. The van der Waals surface area contributed by atoms with Gasteiger partial charge in [-0.3, -0.25) is 0 Å². The van der Waals surface area contributed by atoms with Crippen LogP contribution in [0.3, 0.4) is 0 Å². The van der Waals surface area contributed by atoms with Crippen molar-refractivity contribution >= 4 is 43.5 Å². The SMILES string of the molecule is CN(C)c1ncc(CNc2c(Br)cccc2Br)n1C. The van der Waals surface area contributed by atoms with E-state index in [1.165, 1.54) is 0 Å². The van der Waals surface area contributed by atoms with Gasteiger partial charge in [0.05, 0.1) is 24.1 Å². The summed E-state index contributed by atoms with van der Waals surface area (Å²) >= 11 is 7.09. The fourth-order valence-electron chi connectivity index (χ4n) is 1.86. The number of halogens is 2. The van der Waals surface area contributed by atoms with Crippen molar-refractivity contribution in [2.75, 3.05) is 24.3 Å². The van der Waals surface area contributed by atoms with Crippen LogP contribution in [0.15, 0.2) is 33.3 Å². The van der Waals surface area contributed by atoms with E-state index in [-0.39, 0.29) is 0 Å². The smallest absolute Gasteiger partial charge is 0.204 e. The molecule has 0 radical (unpaired) electrons. The third-order valence-electron chi connectivity index (χ3n) is 2.87. The number of para-hydroxylation sites is 1. The normalized spacial score (nSPS) is 10.6. The van der Waals surface area contributed by atoms with E-state index in [4.69, 9.17) is 0 Å². The molecule has 2 rings (SSSR count).